The Labute approximate surface area is 147 Å². The minimum atomic E-state index is -1.13. The normalized spacial score (nSPS) is 30.7. The fourth-order valence-electron chi connectivity index (χ4n) is 3.55. The summed E-state index contributed by atoms with van der Waals surface area (Å²) in [4.78, 5) is 37.8. The molecule has 8 heteroatoms. The molecule has 2 rings (SSSR count). The van der Waals surface area contributed by atoms with Gasteiger partial charge in [-0.3, -0.25) is 4.79 Å². The van der Waals surface area contributed by atoms with Crippen LogP contribution in [0.15, 0.2) is 0 Å². The van der Waals surface area contributed by atoms with Crippen LogP contribution in [-0.2, 0) is 14.3 Å². The lowest BCUT2D eigenvalue weighted by atomic mass is 10.0. The number of amides is 2. The number of aliphatic hydroxyl groups excluding tert-OH is 1. The molecule has 0 aromatic heterocycles. The van der Waals surface area contributed by atoms with E-state index in [9.17, 15) is 24.6 Å². The number of carbonyl (C=O) groups excluding carboxylic acids is 2. The molecule has 2 saturated heterocycles. The number of alkyl carbamates (subject to hydrolysis) is 1. The highest BCUT2D eigenvalue weighted by molar-refractivity contribution is 5.90. The number of nitrogens with zero attached hydrogens (tertiary/aromatic N) is 1. The van der Waals surface area contributed by atoms with Gasteiger partial charge in [0.1, 0.15) is 17.7 Å². The first-order valence-corrected chi connectivity index (χ1v) is 8.82. The van der Waals surface area contributed by atoms with Crippen LogP contribution in [0, 0.1) is 0 Å². The van der Waals surface area contributed by atoms with Crippen molar-refractivity contribution in [1.29, 1.82) is 0 Å². The number of aliphatic hydroxyl groups is 1. The Morgan fingerprint density at radius 2 is 1.84 bits per heavy atom. The fourth-order valence-corrected chi connectivity index (χ4v) is 3.55. The van der Waals surface area contributed by atoms with E-state index in [0.717, 1.165) is 19.3 Å². The smallest absolute Gasteiger partial charge is 0.408 e. The lowest BCUT2D eigenvalue weighted by Crippen LogP contribution is -2.55. The number of ether oxygens (including phenoxy) is 1. The maximum Gasteiger partial charge on any atom is 0.408 e. The van der Waals surface area contributed by atoms with E-state index in [-0.39, 0.29) is 6.42 Å². The number of hydrogen-bond acceptors (Lipinski definition) is 5. The van der Waals surface area contributed by atoms with Gasteiger partial charge in [-0.1, -0.05) is 19.3 Å². The van der Waals surface area contributed by atoms with E-state index in [2.05, 4.69) is 5.32 Å². The Kier molecular flexibility index (Phi) is 5.92. The summed E-state index contributed by atoms with van der Waals surface area (Å²) in [6.07, 6.45) is 1.84. The maximum absolute atomic E-state index is 13.0. The third-order valence-electron chi connectivity index (χ3n) is 4.62. The van der Waals surface area contributed by atoms with Crippen molar-refractivity contribution >= 4 is 18.0 Å². The zero-order valence-electron chi connectivity index (χ0n) is 15.0. The van der Waals surface area contributed by atoms with Gasteiger partial charge in [0.2, 0.25) is 5.91 Å². The van der Waals surface area contributed by atoms with Crippen LogP contribution in [0.1, 0.15) is 59.3 Å². The van der Waals surface area contributed by atoms with Crippen molar-refractivity contribution in [3.05, 3.63) is 0 Å². The number of fused-ring (bicyclic) bond motifs is 1. The second-order valence-electron chi connectivity index (χ2n) is 7.81. The number of carboxylic acids is 1. The van der Waals surface area contributed by atoms with Crippen LogP contribution >= 0.6 is 0 Å². The summed E-state index contributed by atoms with van der Waals surface area (Å²) < 4.78 is 5.21. The predicted molar refractivity (Wildman–Crippen MR) is 88.9 cm³/mol. The molecule has 2 aliphatic rings. The summed E-state index contributed by atoms with van der Waals surface area (Å²) in [5, 5.41) is 22.2. The van der Waals surface area contributed by atoms with E-state index in [1.54, 1.807) is 20.8 Å². The van der Waals surface area contributed by atoms with Gasteiger partial charge in [0.15, 0.2) is 0 Å². The quantitative estimate of drug-likeness (QED) is 0.686. The van der Waals surface area contributed by atoms with Gasteiger partial charge >= 0.3 is 12.1 Å². The summed E-state index contributed by atoms with van der Waals surface area (Å²) in [5.74, 6) is -1.59. The van der Waals surface area contributed by atoms with Crippen molar-refractivity contribution < 1.29 is 29.3 Å². The Balaban J connectivity index is 2.20. The van der Waals surface area contributed by atoms with E-state index < -0.39 is 47.8 Å². The molecule has 2 heterocycles. The average molecular weight is 356 g/mol. The molecule has 2 fully saturated rings. The summed E-state index contributed by atoms with van der Waals surface area (Å²) in [6.45, 7) is 5.18. The van der Waals surface area contributed by atoms with Crippen molar-refractivity contribution in [2.24, 2.45) is 0 Å². The molecule has 0 unspecified atom stereocenters. The first kappa shape index (κ1) is 19.5. The van der Waals surface area contributed by atoms with Crippen LogP contribution < -0.4 is 5.32 Å². The molecule has 3 N–H and O–H groups in total. The van der Waals surface area contributed by atoms with E-state index in [4.69, 9.17) is 4.74 Å². The highest BCUT2D eigenvalue weighted by Gasteiger charge is 2.48. The topological polar surface area (TPSA) is 116 Å². The van der Waals surface area contributed by atoms with E-state index >= 15 is 0 Å². The van der Waals surface area contributed by atoms with Crippen LogP contribution in [-0.4, -0.2) is 62.9 Å². The molecule has 142 valence electrons. The second-order valence-corrected chi connectivity index (χ2v) is 7.81. The van der Waals surface area contributed by atoms with Crippen LogP contribution in [0.25, 0.3) is 0 Å². The minimum absolute atomic E-state index is 0.0187. The molecule has 0 aromatic rings. The van der Waals surface area contributed by atoms with Crippen molar-refractivity contribution in [2.45, 2.75) is 89.1 Å². The molecular formula is C17H28N2O6. The van der Waals surface area contributed by atoms with Crippen molar-refractivity contribution in [1.82, 2.24) is 10.2 Å². The molecule has 0 bridgehead atoms. The average Bonchev–Trinajstić information content (AvgIpc) is 2.82. The third kappa shape index (κ3) is 4.84. The van der Waals surface area contributed by atoms with Gasteiger partial charge in [0.05, 0.1) is 12.1 Å². The Morgan fingerprint density at radius 1 is 1.20 bits per heavy atom. The lowest BCUT2D eigenvalue weighted by Gasteiger charge is -2.32. The molecule has 0 spiro atoms. The standard InChI is InChI=1S/C17H28N2O6/c1-17(2,3)25-16(24)18-10-7-5-4-6-8-11-13(20)9-12(15(22)23)19(11)14(10)21/h10-13,20H,4-9H2,1-3H3,(H,18,24)(H,22,23)/t10-,11-,12-,13+/m0/s1. The first-order valence-electron chi connectivity index (χ1n) is 8.82. The van der Waals surface area contributed by atoms with Crippen molar-refractivity contribution in [3.63, 3.8) is 0 Å². The third-order valence-corrected chi connectivity index (χ3v) is 4.62. The molecule has 4 atom stereocenters. The van der Waals surface area contributed by atoms with Gasteiger partial charge < -0.3 is 25.2 Å². The van der Waals surface area contributed by atoms with Gasteiger partial charge in [-0.2, -0.15) is 0 Å². The highest BCUT2D eigenvalue weighted by Crippen LogP contribution is 2.31. The zero-order valence-corrected chi connectivity index (χ0v) is 15.0. The van der Waals surface area contributed by atoms with Crippen LogP contribution in [0.2, 0.25) is 0 Å². The van der Waals surface area contributed by atoms with Gasteiger partial charge in [-0.05, 0) is 33.6 Å². The van der Waals surface area contributed by atoms with Gasteiger partial charge in [-0.15, -0.1) is 0 Å². The summed E-state index contributed by atoms with van der Waals surface area (Å²) in [6, 6.07) is -2.43. The number of carbonyl (C=O) groups is 3. The Bertz CT molecular complexity index is 530. The lowest BCUT2D eigenvalue weighted by molar-refractivity contribution is -0.150. The molecule has 2 aliphatic heterocycles. The SMILES string of the molecule is CC(C)(C)OC(=O)N[C@H]1CCCCC[C@H]2[C@H](O)C[C@@H](C(=O)O)N2C1=O. The van der Waals surface area contributed by atoms with Crippen LogP contribution in [0.5, 0.6) is 0 Å². The Morgan fingerprint density at radius 3 is 2.44 bits per heavy atom. The predicted octanol–water partition coefficient (Wildman–Crippen LogP) is 1.26. The summed E-state index contributed by atoms with van der Waals surface area (Å²) in [5.41, 5.74) is -0.693. The second kappa shape index (κ2) is 7.59. The molecule has 8 nitrogen and oxygen atoms in total. The van der Waals surface area contributed by atoms with E-state index in [1.165, 1.54) is 4.90 Å². The minimum Gasteiger partial charge on any atom is -0.480 e. The van der Waals surface area contributed by atoms with Gasteiger partial charge in [-0.25, -0.2) is 9.59 Å². The monoisotopic (exact) mass is 356 g/mol. The molecule has 0 radical (unpaired) electrons. The molecule has 0 aliphatic carbocycles. The number of hydrogen-bond donors (Lipinski definition) is 3. The fraction of sp³-hybridized carbons (Fsp3) is 0.824. The molecular weight excluding hydrogens is 328 g/mol. The largest absolute Gasteiger partial charge is 0.480 e. The van der Waals surface area contributed by atoms with E-state index in [0.29, 0.717) is 12.8 Å². The molecule has 25 heavy (non-hydrogen) atoms. The summed E-state index contributed by atoms with van der Waals surface area (Å²) >= 11 is 0. The van der Waals surface area contributed by atoms with Crippen molar-refractivity contribution in [3.8, 4) is 0 Å². The van der Waals surface area contributed by atoms with Gasteiger partial charge in [0.25, 0.3) is 0 Å². The molecule has 0 saturated carbocycles. The number of rotatable bonds is 2. The number of nitrogens with one attached hydrogen (secondary N) is 1. The maximum atomic E-state index is 13.0. The highest BCUT2D eigenvalue weighted by atomic mass is 16.6. The number of carboxylic acid groups (broad SMARTS) is 1. The number of aliphatic carboxylic acids is 1. The van der Waals surface area contributed by atoms with Crippen LogP contribution in [0.3, 0.4) is 0 Å². The van der Waals surface area contributed by atoms with Gasteiger partial charge in [0, 0.05) is 6.42 Å². The van der Waals surface area contributed by atoms with E-state index in [1.807, 2.05) is 0 Å². The van der Waals surface area contributed by atoms with Crippen molar-refractivity contribution in [2.75, 3.05) is 0 Å². The zero-order chi connectivity index (χ0) is 18.8. The summed E-state index contributed by atoms with van der Waals surface area (Å²) in [7, 11) is 0. The van der Waals surface area contributed by atoms with Crippen LogP contribution in [0.4, 0.5) is 4.79 Å². The Hall–Kier alpha value is -1.83. The molecule has 0 aromatic carbocycles. The first-order chi connectivity index (χ1) is 11.6. The molecule has 2 amide bonds.